The van der Waals surface area contributed by atoms with Gasteiger partial charge in [-0.05, 0) is 98.2 Å². The molecule has 5 fully saturated rings. The Hall–Kier alpha value is -2.53. The first-order valence-electron chi connectivity index (χ1n) is 13.0. The second-order valence-electron chi connectivity index (χ2n) is 11.1. The lowest BCUT2D eigenvalue weighted by Crippen LogP contribution is -2.64. The number of ether oxygens (including phenoxy) is 2. The molecule has 1 heterocycles. The Balaban J connectivity index is 1.06. The summed E-state index contributed by atoms with van der Waals surface area (Å²) >= 11 is 0. The third kappa shape index (κ3) is 4.19. The summed E-state index contributed by atoms with van der Waals surface area (Å²) in [5, 5.41) is 0. The number of benzene rings is 2. The number of carbonyl (C=O) groups is 1. The van der Waals surface area contributed by atoms with Gasteiger partial charge >= 0.3 is 0 Å². The Morgan fingerprint density at radius 3 is 2.12 bits per heavy atom. The molecule has 5 aliphatic rings. The maximum atomic E-state index is 13.3. The molecule has 0 N–H and O–H groups in total. The molecule has 1 saturated heterocycles. The number of hydrogen-bond acceptors (Lipinski definition) is 4. The van der Waals surface area contributed by atoms with Crippen LogP contribution in [0.3, 0.4) is 0 Å². The van der Waals surface area contributed by atoms with E-state index >= 15 is 0 Å². The summed E-state index contributed by atoms with van der Waals surface area (Å²) in [6, 6.07) is 15.5. The summed E-state index contributed by atoms with van der Waals surface area (Å²) in [4.78, 5) is 18.1. The van der Waals surface area contributed by atoms with E-state index in [9.17, 15) is 4.79 Å². The number of methoxy groups -OCH3 is 1. The monoisotopic (exact) mass is 460 g/mol. The van der Waals surface area contributed by atoms with Crippen LogP contribution in [0, 0.1) is 17.8 Å². The van der Waals surface area contributed by atoms with Gasteiger partial charge in [0.15, 0.2) is 0 Å². The molecule has 1 amide bonds. The second-order valence-corrected chi connectivity index (χ2v) is 11.1. The molecule has 0 atom stereocenters. The largest absolute Gasteiger partial charge is 0.497 e. The van der Waals surface area contributed by atoms with Crippen LogP contribution in [0.1, 0.15) is 54.4 Å². The van der Waals surface area contributed by atoms with Gasteiger partial charge in [0, 0.05) is 37.3 Å². The highest BCUT2D eigenvalue weighted by Crippen LogP contribution is 2.57. The van der Waals surface area contributed by atoms with E-state index in [4.69, 9.17) is 9.47 Å². The van der Waals surface area contributed by atoms with Gasteiger partial charge in [-0.3, -0.25) is 9.69 Å². The fourth-order valence-corrected chi connectivity index (χ4v) is 7.65. The predicted octanol–water partition coefficient (Wildman–Crippen LogP) is 5.00. The van der Waals surface area contributed by atoms with Crippen LogP contribution in [0.2, 0.25) is 0 Å². The molecule has 4 aliphatic carbocycles. The minimum Gasteiger partial charge on any atom is -0.497 e. The van der Waals surface area contributed by atoms with E-state index in [1.807, 2.05) is 48.5 Å². The van der Waals surface area contributed by atoms with Gasteiger partial charge in [0.05, 0.1) is 7.11 Å². The predicted molar refractivity (Wildman–Crippen MR) is 132 cm³/mol. The lowest BCUT2D eigenvalue weighted by atomic mass is 9.52. The van der Waals surface area contributed by atoms with Crippen molar-refractivity contribution in [1.29, 1.82) is 0 Å². The molecule has 0 aromatic heterocycles. The first-order chi connectivity index (χ1) is 16.6. The van der Waals surface area contributed by atoms with Gasteiger partial charge in [0.2, 0.25) is 0 Å². The van der Waals surface area contributed by atoms with Crippen molar-refractivity contribution >= 4 is 5.91 Å². The van der Waals surface area contributed by atoms with Crippen molar-refractivity contribution in [2.24, 2.45) is 17.8 Å². The Bertz CT molecular complexity index is 991. The first kappa shape index (κ1) is 22.0. The molecular weight excluding hydrogens is 424 g/mol. The van der Waals surface area contributed by atoms with Crippen molar-refractivity contribution < 1.29 is 14.3 Å². The van der Waals surface area contributed by atoms with Gasteiger partial charge in [-0.2, -0.15) is 0 Å². The number of nitrogens with zero attached hydrogens (tertiary/aromatic N) is 2. The summed E-state index contributed by atoms with van der Waals surface area (Å²) in [5.41, 5.74) is 2.22. The average Bonchev–Trinajstić information content (AvgIpc) is 2.87. The van der Waals surface area contributed by atoms with Crippen LogP contribution in [0.4, 0.5) is 0 Å². The van der Waals surface area contributed by atoms with Crippen molar-refractivity contribution in [3.8, 4) is 11.5 Å². The zero-order chi connectivity index (χ0) is 23.1. The van der Waals surface area contributed by atoms with Gasteiger partial charge in [0.1, 0.15) is 18.1 Å². The lowest BCUT2D eigenvalue weighted by molar-refractivity contribution is -0.0987. The molecule has 7 rings (SSSR count). The zero-order valence-corrected chi connectivity index (χ0v) is 20.2. The van der Waals surface area contributed by atoms with Crippen LogP contribution in [0.5, 0.6) is 11.5 Å². The number of rotatable bonds is 6. The topological polar surface area (TPSA) is 42.0 Å². The average molecular weight is 461 g/mol. The molecule has 180 valence electrons. The molecular formula is C29H36N2O3. The summed E-state index contributed by atoms with van der Waals surface area (Å²) < 4.78 is 11.1. The number of piperazine rings is 1. The van der Waals surface area contributed by atoms with E-state index in [0.717, 1.165) is 66.6 Å². The fraction of sp³-hybridized carbons (Fsp3) is 0.552. The standard InChI is InChI=1S/C29H36N2O3/c1-33-26-5-7-27(8-6-26)34-20-21-3-2-4-25(16-21)28(32)30-9-11-31(12-10-30)29-17-22-13-23(18-29)15-24(14-22)19-29/h2-8,16,22-24H,9-15,17-20H2,1H3. The molecule has 34 heavy (non-hydrogen) atoms. The van der Waals surface area contributed by atoms with E-state index in [-0.39, 0.29) is 5.91 Å². The van der Waals surface area contributed by atoms with E-state index in [1.54, 1.807) is 7.11 Å². The maximum Gasteiger partial charge on any atom is 0.253 e. The van der Waals surface area contributed by atoms with Crippen LogP contribution in [-0.4, -0.2) is 54.5 Å². The number of carbonyl (C=O) groups excluding carboxylic acids is 1. The highest BCUT2D eigenvalue weighted by Gasteiger charge is 2.53. The van der Waals surface area contributed by atoms with Gasteiger partial charge in [0.25, 0.3) is 5.91 Å². The molecule has 4 saturated carbocycles. The molecule has 0 radical (unpaired) electrons. The molecule has 0 unspecified atom stereocenters. The van der Waals surface area contributed by atoms with Crippen molar-refractivity contribution in [3.05, 3.63) is 59.7 Å². The molecule has 5 heteroatoms. The molecule has 4 bridgehead atoms. The Morgan fingerprint density at radius 2 is 1.50 bits per heavy atom. The van der Waals surface area contributed by atoms with Crippen molar-refractivity contribution in [2.45, 2.75) is 50.7 Å². The Kier molecular flexibility index (Phi) is 5.76. The van der Waals surface area contributed by atoms with Crippen LogP contribution in [0.15, 0.2) is 48.5 Å². The van der Waals surface area contributed by atoms with Gasteiger partial charge in [-0.15, -0.1) is 0 Å². The van der Waals surface area contributed by atoms with Crippen LogP contribution < -0.4 is 9.47 Å². The van der Waals surface area contributed by atoms with Crippen LogP contribution in [-0.2, 0) is 6.61 Å². The summed E-state index contributed by atoms with van der Waals surface area (Å²) in [5.74, 6) is 4.65. The van der Waals surface area contributed by atoms with E-state index < -0.39 is 0 Å². The first-order valence-corrected chi connectivity index (χ1v) is 13.0. The summed E-state index contributed by atoms with van der Waals surface area (Å²) in [6.07, 6.45) is 8.66. The molecule has 0 spiro atoms. The summed E-state index contributed by atoms with van der Waals surface area (Å²) in [6.45, 7) is 4.17. The second kappa shape index (κ2) is 8.92. The third-order valence-electron chi connectivity index (χ3n) is 8.88. The molecule has 2 aromatic rings. The highest BCUT2D eigenvalue weighted by atomic mass is 16.5. The zero-order valence-electron chi connectivity index (χ0n) is 20.2. The Labute approximate surface area is 203 Å². The van der Waals surface area contributed by atoms with Crippen molar-refractivity contribution in [1.82, 2.24) is 9.80 Å². The van der Waals surface area contributed by atoms with Gasteiger partial charge in [-0.25, -0.2) is 0 Å². The SMILES string of the molecule is COc1ccc(OCc2cccc(C(=O)N3CCN(C45CC6CC(CC(C6)C4)C5)CC3)c2)cc1. The highest BCUT2D eigenvalue weighted by molar-refractivity contribution is 5.94. The normalized spacial score (nSPS) is 30.4. The Morgan fingerprint density at radius 1 is 0.882 bits per heavy atom. The van der Waals surface area contributed by atoms with Crippen LogP contribution >= 0.6 is 0 Å². The van der Waals surface area contributed by atoms with Gasteiger partial charge in [-0.1, -0.05) is 12.1 Å². The van der Waals surface area contributed by atoms with Gasteiger partial charge < -0.3 is 14.4 Å². The number of amides is 1. The van der Waals surface area contributed by atoms with E-state index in [0.29, 0.717) is 12.1 Å². The van der Waals surface area contributed by atoms with Crippen molar-refractivity contribution in [2.75, 3.05) is 33.3 Å². The van der Waals surface area contributed by atoms with E-state index in [1.165, 1.54) is 38.5 Å². The van der Waals surface area contributed by atoms with E-state index in [2.05, 4.69) is 9.80 Å². The maximum absolute atomic E-state index is 13.3. The molecule has 5 nitrogen and oxygen atoms in total. The fourth-order valence-electron chi connectivity index (χ4n) is 7.65. The lowest BCUT2D eigenvalue weighted by Gasteiger charge is -2.61. The van der Waals surface area contributed by atoms with Crippen molar-refractivity contribution in [3.63, 3.8) is 0 Å². The number of hydrogen-bond donors (Lipinski definition) is 0. The smallest absolute Gasteiger partial charge is 0.253 e. The summed E-state index contributed by atoms with van der Waals surface area (Å²) in [7, 11) is 1.65. The molecule has 1 aliphatic heterocycles. The molecule has 2 aromatic carbocycles. The third-order valence-corrected chi connectivity index (χ3v) is 8.88. The minimum atomic E-state index is 0.149. The quantitative estimate of drug-likeness (QED) is 0.608. The minimum absolute atomic E-state index is 0.149. The van der Waals surface area contributed by atoms with Crippen LogP contribution in [0.25, 0.3) is 0 Å².